The number of allylic oxidation sites excluding steroid dienone is 1. The van der Waals surface area contributed by atoms with Gasteiger partial charge in [-0.1, -0.05) is 84.4 Å². The zero-order valence-electron chi connectivity index (χ0n) is 15.2. The molecule has 1 atom stereocenters. The van der Waals surface area contributed by atoms with E-state index in [0.717, 1.165) is 12.0 Å². The summed E-state index contributed by atoms with van der Waals surface area (Å²) in [6, 6.07) is 24.0. The summed E-state index contributed by atoms with van der Waals surface area (Å²) in [6.45, 7) is 1.91. The van der Waals surface area contributed by atoms with E-state index in [0.29, 0.717) is 5.56 Å². The van der Waals surface area contributed by atoms with Crippen LogP contribution >= 0.6 is 0 Å². The summed E-state index contributed by atoms with van der Waals surface area (Å²) in [5.74, 6) is 0. The molecule has 4 rings (SSSR count). The Labute approximate surface area is 161 Å². The molecule has 1 aliphatic carbocycles. The van der Waals surface area contributed by atoms with Crippen LogP contribution in [0.3, 0.4) is 0 Å². The molecule has 27 heavy (non-hydrogen) atoms. The largest absolute Gasteiger partial charge is 0.311 e. The smallest absolute Gasteiger partial charge is 0.198 e. The van der Waals surface area contributed by atoms with Gasteiger partial charge in [-0.3, -0.25) is 0 Å². The van der Waals surface area contributed by atoms with Crippen LogP contribution in [0.15, 0.2) is 89.8 Å². The summed E-state index contributed by atoms with van der Waals surface area (Å²) >= 11 is 0. The lowest BCUT2D eigenvalue weighted by Gasteiger charge is -2.13. The van der Waals surface area contributed by atoms with E-state index in [9.17, 15) is 8.42 Å². The van der Waals surface area contributed by atoms with Crippen molar-refractivity contribution >= 4 is 15.9 Å². The van der Waals surface area contributed by atoms with E-state index in [-0.39, 0.29) is 4.90 Å². The molecular formula is C23H23NO2S. The Bertz CT molecular complexity index is 1020. The lowest BCUT2D eigenvalue weighted by molar-refractivity contribution is 0.583. The molecular weight excluding hydrogens is 354 g/mol. The molecule has 3 aromatic rings. The van der Waals surface area contributed by atoms with Crippen LogP contribution in [0.5, 0.6) is 0 Å². The Morgan fingerprint density at radius 3 is 2.15 bits per heavy atom. The maximum atomic E-state index is 12.3. The lowest BCUT2D eigenvalue weighted by Crippen LogP contribution is -2.21. The number of aryl methyl sites for hydroxylation is 1. The second kappa shape index (κ2) is 8.33. The summed E-state index contributed by atoms with van der Waals surface area (Å²) < 4.78 is 24.6. The first-order valence-electron chi connectivity index (χ1n) is 8.84. The third-order valence-electron chi connectivity index (χ3n) is 4.50. The predicted molar refractivity (Wildman–Crippen MR) is 111 cm³/mol. The number of hydrogen-bond donors (Lipinski definition) is 1. The standard InChI is InChI=1S/C14H15NO2S.C9H8/c1-11-7-9-13(10-8-11)18(16,17)14(15)12-5-3-2-4-6-12;1-2-5-9-7-3-6-8(9)4-1/h2-10,14H,15H2,1H3;1-6H,7H2. The van der Waals surface area contributed by atoms with Crippen molar-refractivity contribution in [2.45, 2.75) is 23.6 Å². The molecule has 3 aromatic carbocycles. The van der Waals surface area contributed by atoms with Gasteiger partial charge < -0.3 is 5.73 Å². The molecule has 0 radical (unpaired) electrons. The Hall–Kier alpha value is -2.69. The maximum absolute atomic E-state index is 12.3. The highest BCUT2D eigenvalue weighted by Crippen LogP contribution is 2.24. The third-order valence-corrected chi connectivity index (χ3v) is 6.37. The average Bonchev–Trinajstić information content (AvgIpc) is 3.18. The van der Waals surface area contributed by atoms with Gasteiger partial charge in [-0.25, -0.2) is 8.42 Å². The molecule has 0 amide bonds. The Morgan fingerprint density at radius 1 is 0.852 bits per heavy atom. The van der Waals surface area contributed by atoms with Crippen LogP contribution in [0.4, 0.5) is 0 Å². The minimum atomic E-state index is -3.53. The number of benzene rings is 3. The Kier molecular flexibility index (Phi) is 5.89. The number of hydrogen-bond acceptors (Lipinski definition) is 3. The van der Waals surface area contributed by atoms with Crippen LogP contribution in [0.1, 0.15) is 27.6 Å². The monoisotopic (exact) mass is 377 g/mol. The molecule has 0 fully saturated rings. The molecule has 0 saturated heterocycles. The van der Waals surface area contributed by atoms with Gasteiger partial charge in [0.25, 0.3) is 0 Å². The molecule has 0 heterocycles. The fourth-order valence-electron chi connectivity index (χ4n) is 2.89. The van der Waals surface area contributed by atoms with E-state index in [4.69, 9.17) is 5.73 Å². The number of fused-ring (bicyclic) bond motifs is 1. The van der Waals surface area contributed by atoms with Crippen molar-refractivity contribution in [2.24, 2.45) is 5.73 Å². The summed E-state index contributed by atoms with van der Waals surface area (Å²) in [4.78, 5) is 0.254. The molecule has 0 aliphatic heterocycles. The highest BCUT2D eigenvalue weighted by molar-refractivity contribution is 7.91. The van der Waals surface area contributed by atoms with E-state index in [1.165, 1.54) is 11.1 Å². The van der Waals surface area contributed by atoms with Crippen molar-refractivity contribution < 1.29 is 8.42 Å². The molecule has 3 nitrogen and oxygen atoms in total. The zero-order chi connectivity index (χ0) is 19.3. The van der Waals surface area contributed by atoms with Crippen LogP contribution in [0.2, 0.25) is 0 Å². The van der Waals surface area contributed by atoms with Gasteiger partial charge in [0.1, 0.15) is 5.37 Å². The highest BCUT2D eigenvalue weighted by atomic mass is 32.2. The quantitative estimate of drug-likeness (QED) is 0.721. The Morgan fingerprint density at radius 2 is 1.48 bits per heavy atom. The van der Waals surface area contributed by atoms with Gasteiger partial charge in [-0.2, -0.15) is 0 Å². The zero-order valence-corrected chi connectivity index (χ0v) is 16.1. The number of rotatable bonds is 3. The fourth-order valence-corrected chi connectivity index (χ4v) is 4.22. The third kappa shape index (κ3) is 4.54. The van der Waals surface area contributed by atoms with Gasteiger partial charge in [-0.15, -0.1) is 0 Å². The van der Waals surface area contributed by atoms with Crippen molar-refractivity contribution in [2.75, 3.05) is 0 Å². The van der Waals surface area contributed by atoms with Gasteiger partial charge in [0.05, 0.1) is 4.90 Å². The molecule has 0 aromatic heterocycles. The van der Waals surface area contributed by atoms with E-state index in [2.05, 4.69) is 36.4 Å². The first kappa shape index (κ1) is 19.1. The van der Waals surface area contributed by atoms with Gasteiger partial charge >= 0.3 is 0 Å². The highest BCUT2D eigenvalue weighted by Gasteiger charge is 2.24. The normalized spacial score (nSPS) is 13.4. The van der Waals surface area contributed by atoms with Gasteiger partial charge in [-0.05, 0) is 42.2 Å². The molecule has 138 valence electrons. The second-order valence-electron chi connectivity index (χ2n) is 6.49. The minimum Gasteiger partial charge on any atom is -0.311 e. The van der Waals surface area contributed by atoms with Crippen molar-refractivity contribution in [1.29, 1.82) is 0 Å². The van der Waals surface area contributed by atoms with E-state index in [1.807, 2.05) is 13.0 Å². The average molecular weight is 378 g/mol. The van der Waals surface area contributed by atoms with Gasteiger partial charge in [0.2, 0.25) is 0 Å². The van der Waals surface area contributed by atoms with Gasteiger partial charge in [0, 0.05) is 0 Å². The van der Waals surface area contributed by atoms with Crippen molar-refractivity contribution in [3.63, 3.8) is 0 Å². The van der Waals surface area contributed by atoms with Crippen molar-refractivity contribution in [1.82, 2.24) is 0 Å². The minimum absolute atomic E-state index is 0.254. The molecule has 4 heteroatoms. The van der Waals surface area contributed by atoms with Crippen molar-refractivity contribution in [3.8, 4) is 0 Å². The predicted octanol–water partition coefficient (Wildman–Crippen LogP) is 4.68. The van der Waals surface area contributed by atoms with Crippen LogP contribution in [0, 0.1) is 6.92 Å². The van der Waals surface area contributed by atoms with E-state index in [1.54, 1.807) is 48.5 Å². The van der Waals surface area contributed by atoms with Crippen LogP contribution in [0.25, 0.3) is 6.08 Å². The first-order chi connectivity index (χ1) is 13.0. The lowest BCUT2D eigenvalue weighted by atomic mass is 10.1. The summed E-state index contributed by atoms with van der Waals surface area (Å²) in [6.07, 6.45) is 5.50. The number of sulfone groups is 1. The molecule has 0 saturated carbocycles. The molecule has 1 unspecified atom stereocenters. The summed E-state index contributed by atoms with van der Waals surface area (Å²) in [5.41, 5.74) is 10.3. The molecule has 0 bridgehead atoms. The topological polar surface area (TPSA) is 60.2 Å². The maximum Gasteiger partial charge on any atom is 0.198 e. The van der Waals surface area contributed by atoms with Crippen molar-refractivity contribution in [3.05, 3.63) is 107 Å². The van der Waals surface area contributed by atoms with Gasteiger partial charge in [0.15, 0.2) is 9.84 Å². The molecule has 0 spiro atoms. The second-order valence-corrected chi connectivity index (χ2v) is 8.56. The van der Waals surface area contributed by atoms with Crippen LogP contribution in [-0.2, 0) is 16.3 Å². The number of nitrogens with two attached hydrogens (primary N) is 1. The first-order valence-corrected chi connectivity index (χ1v) is 10.4. The Balaban J connectivity index is 0.000000193. The SMILES string of the molecule is C1=Cc2ccccc2C1.Cc1ccc(S(=O)(=O)C(N)c2ccccc2)cc1. The summed E-state index contributed by atoms with van der Waals surface area (Å²) in [7, 11) is -3.53. The van der Waals surface area contributed by atoms with Crippen LogP contribution < -0.4 is 5.73 Å². The van der Waals surface area contributed by atoms with E-state index >= 15 is 0 Å². The molecule has 1 aliphatic rings. The van der Waals surface area contributed by atoms with Crippen LogP contribution in [-0.4, -0.2) is 8.42 Å². The van der Waals surface area contributed by atoms with E-state index < -0.39 is 15.2 Å². The summed E-state index contributed by atoms with van der Waals surface area (Å²) in [5, 5.41) is -1.03. The molecule has 2 N–H and O–H groups in total. The fraction of sp³-hybridized carbons (Fsp3) is 0.130.